The maximum atomic E-state index is 4.72. The predicted molar refractivity (Wildman–Crippen MR) is 88.4 cm³/mol. The van der Waals surface area contributed by atoms with Crippen molar-refractivity contribution in [2.24, 2.45) is 5.92 Å². The van der Waals surface area contributed by atoms with Crippen molar-refractivity contribution in [1.29, 1.82) is 0 Å². The number of piperidine rings is 1. The molecule has 1 aromatic heterocycles. The molecule has 4 heteroatoms. The Bertz CT molecular complexity index is 405. The molecular formula is C17H32N4. The topological polar surface area (TPSA) is 33.1 Å². The zero-order valence-electron chi connectivity index (χ0n) is 14.2. The fourth-order valence-electron chi connectivity index (χ4n) is 2.87. The van der Waals surface area contributed by atoms with Crippen LogP contribution in [0, 0.1) is 5.92 Å². The first kappa shape index (κ1) is 16.5. The van der Waals surface area contributed by atoms with Gasteiger partial charge in [0.05, 0.1) is 5.69 Å². The van der Waals surface area contributed by atoms with Gasteiger partial charge in [-0.05, 0) is 57.8 Å². The summed E-state index contributed by atoms with van der Waals surface area (Å²) >= 11 is 0. The van der Waals surface area contributed by atoms with Gasteiger partial charge in [-0.3, -0.25) is 9.58 Å². The van der Waals surface area contributed by atoms with E-state index in [1.807, 2.05) is 0 Å². The molecule has 0 radical (unpaired) electrons. The second-order valence-electron chi connectivity index (χ2n) is 6.83. The molecule has 1 aromatic rings. The average Bonchev–Trinajstić information content (AvgIpc) is 2.94. The minimum absolute atomic E-state index is 0.506. The summed E-state index contributed by atoms with van der Waals surface area (Å²) in [5, 5.41) is 8.28. The molecule has 4 nitrogen and oxygen atoms in total. The molecule has 0 aromatic carbocycles. The molecule has 1 atom stereocenters. The van der Waals surface area contributed by atoms with Crippen molar-refractivity contribution in [3.8, 4) is 0 Å². The molecule has 2 heterocycles. The molecule has 1 unspecified atom stereocenters. The molecule has 0 spiro atoms. The molecule has 1 N–H and O–H groups in total. The molecule has 0 bridgehead atoms. The lowest BCUT2D eigenvalue weighted by Crippen LogP contribution is -2.38. The van der Waals surface area contributed by atoms with Crippen LogP contribution in [0.4, 0.5) is 0 Å². The summed E-state index contributed by atoms with van der Waals surface area (Å²) in [5.41, 5.74) is 1.22. The van der Waals surface area contributed by atoms with Gasteiger partial charge in [0.1, 0.15) is 0 Å². The summed E-state index contributed by atoms with van der Waals surface area (Å²) in [4.78, 5) is 2.55. The highest BCUT2D eigenvalue weighted by Crippen LogP contribution is 2.18. The zero-order valence-corrected chi connectivity index (χ0v) is 14.2. The maximum absolute atomic E-state index is 4.72. The Morgan fingerprint density at radius 2 is 2.00 bits per heavy atom. The van der Waals surface area contributed by atoms with Crippen molar-refractivity contribution in [1.82, 2.24) is 20.0 Å². The molecule has 2 rings (SSSR count). The third kappa shape index (κ3) is 5.11. The van der Waals surface area contributed by atoms with Crippen LogP contribution in [0.15, 0.2) is 12.3 Å². The van der Waals surface area contributed by atoms with Crippen LogP contribution in [-0.4, -0.2) is 40.4 Å². The lowest BCUT2D eigenvalue weighted by molar-refractivity contribution is 0.172. The summed E-state index contributed by atoms with van der Waals surface area (Å²) in [5.74, 6) is 0.848. The predicted octanol–water partition coefficient (Wildman–Crippen LogP) is 3.06. The van der Waals surface area contributed by atoms with E-state index in [0.29, 0.717) is 12.1 Å². The first-order valence-electron chi connectivity index (χ1n) is 8.58. The van der Waals surface area contributed by atoms with Crippen LogP contribution >= 0.6 is 0 Å². The van der Waals surface area contributed by atoms with Crippen LogP contribution in [0.1, 0.15) is 58.7 Å². The molecule has 120 valence electrons. The minimum atomic E-state index is 0.506. The van der Waals surface area contributed by atoms with Gasteiger partial charge in [0.15, 0.2) is 0 Å². The Hall–Kier alpha value is -0.870. The average molecular weight is 292 g/mol. The monoisotopic (exact) mass is 292 g/mol. The Morgan fingerprint density at radius 3 is 2.62 bits per heavy atom. The molecule has 1 fully saturated rings. The molecule has 21 heavy (non-hydrogen) atoms. The van der Waals surface area contributed by atoms with E-state index >= 15 is 0 Å². The standard InChI is InChI=1S/C17H32N4/c1-5-15(4)21-11-8-17(19-21)13-20-9-6-16(7-10-20)12-18-14(2)3/h8,11,14-16,18H,5-7,9-10,12-13H2,1-4H3. The van der Waals surface area contributed by atoms with Gasteiger partial charge in [-0.2, -0.15) is 5.10 Å². The van der Waals surface area contributed by atoms with Crippen LogP contribution in [0.5, 0.6) is 0 Å². The molecule has 0 saturated carbocycles. The van der Waals surface area contributed by atoms with Gasteiger partial charge in [-0.15, -0.1) is 0 Å². The highest BCUT2D eigenvalue weighted by Gasteiger charge is 2.20. The van der Waals surface area contributed by atoms with Crippen molar-refractivity contribution < 1.29 is 0 Å². The van der Waals surface area contributed by atoms with Crippen LogP contribution in [-0.2, 0) is 6.54 Å². The number of aromatic nitrogens is 2. The fraction of sp³-hybridized carbons (Fsp3) is 0.824. The Labute approximate surface area is 129 Å². The quantitative estimate of drug-likeness (QED) is 0.838. The van der Waals surface area contributed by atoms with Crippen LogP contribution in [0.25, 0.3) is 0 Å². The van der Waals surface area contributed by atoms with Gasteiger partial charge < -0.3 is 5.32 Å². The van der Waals surface area contributed by atoms with Gasteiger partial charge in [-0.25, -0.2) is 0 Å². The molecule has 1 aliphatic heterocycles. The van der Waals surface area contributed by atoms with E-state index in [2.05, 4.69) is 54.9 Å². The fourth-order valence-corrected chi connectivity index (χ4v) is 2.87. The Balaban J connectivity index is 1.74. The Kier molecular flexibility index (Phi) is 6.24. The minimum Gasteiger partial charge on any atom is -0.314 e. The lowest BCUT2D eigenvalue weighted by Gasteiger charge is -2.32. The van der Waals surface area contributed by atoms with E-state index < -0.39 is 0 Å². The normalized spacial score (nSPS) is 19.3. The number of rotatable bonds is 7. The smallest absolute Gasteiger partial charge is 0.0764 e. The Morgan fingerprint density at radius 1 is 1.29 bits per heavy atom. The maximum Gasteiger partial charge on any atom is 0.0764 e. The summed E-state index contributed by atoms with van der Waals surface area (Å²) in [6.45, 7) is 13.5. The van der Waals surface area contributed by atoms with E-state index in [1.165, 1.54) is 38.2 Å². The van der Waals surface area contributed by atoms with Gasteiger partial charge in [0, 0.05) is 24.8 Å². The SMILES string of the molecule is CCC(C)n1ccc(CN2CCC(CNC(C)C)CC2)n1. The van der Waals surface area contributed by atoms with E-state index in [1.54, 1.807) is 0 Å². The van der Waals surface area contributed by atoms with Gasteiger partial charge >= 0.3 is 0 Å². The molecule has 0 aliphatic carbocycles. The van der Waals surface area contributed by atoms with Crippen molar-refractivity contribution in [3.05, 3.63) is 18.0 Å². The van der Waals surface area contributed by atoms with Crippen molar-refractivity contribution in [2.75, 3.05) is 19.6 Å². The van der Waals surface area contributed by atoms with E-state index in [-0.39, 0.29) is 0 Å². The van der Waals surface area contributed by atoms with Crippen molar-refractivity contribution in [2.45, 2.75) is 65.6 Å². The first-order valence-corrected chi connectivity index (χ1v) is 8.58. The van der Waals surface area contributed by atoms with Gasteiger partial charge in [0.2, 0.25) is 0 Å². The first-order chi connectivity index (χ1) is 10.1. The molecule has 1 aliphatic rings. The van der Waals surface area contributed by atoms with Gasteiger partial charge in [-0.1, -0.05) is 20.8 Å². The highest BCUT2D eigenvalue weighted by atomic mass is 15.3. The van der Waals surface area contributed by atoms with Crippen molar-refractivity contribution >= 4 is 0 Å². The zero-order chi connectivity index (χ0) is 15.2. The summed E-state index contributed by atoms with van der Waals surface area (Å²) in [7, 11) is 0. The third-order valence-electron chi connectivity index (χ3n) is 4.61. The lowest BCUT2D eigenvalue weighted by atomic mass is 9.96. The van der Waals surface area contributed by atoms with Crippen LogP contribution in [0.2, 0.25) is 0 Å². The summed E-state index contributed by atoms with van der Waals surface area (Å²) in [6, 6.07) is 3.29. The largest absolute Gasteiger partial charge is 0.314 e. The second-order valence-corrected chi connectivity index (χ2v) is 6.83. The second kappa shape index (κ2) is 7.95. The number of nitrogens with zero attached hydrogens (tertiary/aromatic N) is 3. The van der Waals surface area contributed by atoms with E-state index in [0.717, 1.165) is 18.9 Å². The summed E-state index contributed by atoms with van der Waals surface area (Å²) < 4.78 is 2.11. The number of likely N-dealkylation sites (tertiary alicyclic amines) is 1. The van der Waals surface area contributed by atoms with Crippen LogP contribution in [0.3, 0.4) is 0 Å². The van der Waals surface area contributed by atoms with Crippen LogP contribution < -0.4 is 5.32 Å². The van der Waals surface area contributed by atoms with Gasteiger partial charge in [0.25, 0.3) is 0 Å². The number of hydrogen-bond donors (Lipinski definition) is 1. The van der Waals surface area contributed by atoms with Crippen molar-refractivity contribution in [3.63, 3.8) is 0 Å². The molecule has 0 amide bonds. The highest BCUT2D eigenvalue weighted by molar-refractivity contribution is 5.00. The van der Waals surface area contributed by atoms with E-state index in [4.69, 9.17) is 5.10 Å². The molecular weight excluding hydrogens is 260 g/mol. The number of hydrogen-bond acceptors (Lipinski definition) is 3. The summed E-state index contributed by atoms with van der Waals surface area (Å²) in [6.07, 6.45) is 5.88. The number of nitrogens with one attached hydrogen (secondary N) is 1. The molecule has 1 saturated heterocycles. The van der Waals surface area contributed by atoms with E-state index in [9.17, 15) is 0 Å². The third-order valence-corrected chi connectivity index (χ3v) is 4.61.